The van der Waals surface area contributed by atoms with Crippen molar-refractivity contribution in [2.24, 2.45) is 5.92 Å². The van der Waals surface area contributed by atoms with Gasteiger partial charge in [-0.05, 0) is 43.9 Å². The predicted molar refractivity (Wildman–Crippen MR) is 73.2 cm³/mol. The Bertz CT molecular complexity index is 425. The first-order chi connectivity index (χ1) is 8.66. The largest absolute Gasteiger partial charge is 0.493 e. The summed E-state index contributed by atoms with van der Waals surface area (Å²) in [6.07, 6.45) is 2.07. The minimum Gasteiger partial charge on any atom is -0.493 e. The quantitative estimate of drug-likeness (QED) is 0.799. The number of halogens is 1. The number of carbonyl (C=O) groups excluding carboxylic acids is 1. The normalized spacial score (nSPS) is 16.6. The van der Waals surface area contributed by atoms with Crippen molar-refractivity contribution in [3.05, 3.63) is 28.2 Å². The van der Waals surface area contributed by atoms with E-state index in [1.807, 2.05) is 18.2 Å². The lowest BCUT2D eigenvalue weighted by atomic mass is 10.0. The molecule has 0 aromatic heterocycles. The van der Waals surface area contributed by atoms with E-state index in [1.54, 1.807) is 6.92 Å². The summed E-state index contributed by atoms with van der Waals surface area (Å²) in [6, 6.07) is 5.55. The van der Waals surface area contributed by atoms with Crippen molar-refractivity contribution in [3.8, 4) is 5.75 Å². The van der Waals surface area contributed by atoms with Gasteiger partial charge in [-0.2, -0.15) is 0 Å². The molecule has 1 aliphatic heterocycles. The van der Waals surface area contributed by atoms with Crippen molar-refractivity contribution in [1.29, 1.82) is 0 Å². The zero-order chi connectivity index (χ0) is 13.0. The number of ether oxygens (including phenoxy) is 2. The smallest absolute Gasteiger partial charge is 0.163 e. The first-order valence-electron chi connectivity index (χ1n) is 6.18. The Kier molecular flexibility index (Phi) is 4.78. The molecule has 3 nitrogen and oxygen atoms in total. The first kappa shape index (κ1) is 13.6. The van der Waals surface area contributed by atoms with E-state index in [0.717, 1.165) is 30.5 Å². The van der Waals surface area contributed by atoms with E-state index in [4.69, 9.17) is 9.47 Å². The highest BCUT2D eigenvalue weighted by Crippen LogP contribution is 2.25. The van der Waals surface area contributed by atoms with Crippen LogP contribution in [0.2, 0.25) is 0 Å². The third-order valence-electron chi connectivity index (χ3n) is 3.14. The van der Waals surface area contributed by atoms with E-state index in [2.05, 4.69) is 15.9 Å². The van der Waals surface area contributed by atoms with Crippen LogP contribution in [0.25, 0.3) is 0 Å². The van der Waals surface area contributed by atoms with E-state index >= 15 is 0 Å². The van der Waals surface area contributed by atoms with Gasteiger partial charge < -0.3 is 9.47 Å². The van der Waals surface area contributed by atoms with Crippen LogP contribution in [0.5, 0.6) is 5.75 Å². The number of Topliss-reactive ketones (excluding diaryl/α,β-unsaturated/α-hetero) is 1. The lowest BCUT2D eigenvalue weighted by Crippen LogP contribution is -2.21. The molecular weight excluding hydrogens is 296 g/mol. The number of hydrogen-bond acceptors (Lipinski definition) is 3. The van der Waals surface area contributed by atoms with Crippen molar-refractivity contribution < 1.29 is 14.3 Å². The summed E-state index contributed by atoms with van der Waals surface area (Å²) in [7, 11) is 0. The Morgan fingerprint density at radius 2 is 2.17 bits per heavy atom. The second kappa shape index (κ2) is 6.34. The monoisotopic (exact) mass is 312 g/mol. The average molecular weight is 313 g/mol. The zero-order valence-electron chi connectivity index (χ0n) is 10.4. The van der Waals surface area contributed by atoms with Crippen LogP contribution in [0.1, 0.15) is 30.1 Å². The van der Waals surface area contributed by atoms with Gasteiger partial charge in [0.2, 0.25) is 0 Å². The Hall–Kier alpha value is -0.870. The molecular formula is C14H17BrO3. The van der Waals surface area contributed by atoms with Crippen molar-refractivity contribution in [1.82, 2.24) is 0 Å². The molecule has 0 N–H and O–H groups in total. The lowest BCUT2D eigenvalue weighted by molar-refractivity contribution is 0.0495. The van der Waals surface area contributed by atoms with E-state index in [-0.39, 0.29) is 5.78 Å². The molecule has 0 unspecified atom stereocenters. The molecule has 0 aliphatic carbocycles. The highest BCUT2D eigenvalue weighted by Gasteiger charge is 2.16. The summed E-state index contributed by atoms with van der Waals surface area (Å²) in [5.41, 5.74) is 0.636. The molecule has 0 radical (unpaired) electrons. The number of benzene rings is 1. The molecule has 98 valence electrons. The van der Waals surface area contributed by atoms with Gasteiger partial charge in [0.1, 0.15) is 5.75 Å². The van der Waals surface area contributed by atoms with Crippen LogP contribution in [0.3, 0.4) is 0 Å². The summed E-state index contributed by atoms with van der Waals surface area (Å²) in [4.78, 5) is 11.5. The predicted octanol–water partition coefficient (Wildman–Crippen LogP) is 3.46. The van der Waals surface area contributed by atoms with E-state index in [9.17, 15) is 4.79 Å². The van der Waals surface area contributed by atoms with Crippen LogP contribution in [0.4, 0.5) is 0 Å². The molecule has 1 fully saturated rings. The van der Waals surface area contributed by atoms with Crippen molar-refractivity contribution in [2.75, 3.05) is 19.8 Å². The molecule has 0 saturated carbocycles. The molecule has 4 heteroatoms. The van der Waals surface area contributed by atoms with E-state index in [1.165, 1.54) is 0 Å². The number of rotatable bonds is 4. The maximum Gasteiger partial charge on any atom is 0.163 e. The molecule has 0 amide bonds. The molecule has 0 spiro atoms. The molecule has 0 atom stereocenters. The van der Waals surface area contributed by atoms with E-state index < -0.39 is 0 Å². The van der Waals surface area contributed by atoms with Crippen molar-refractivity contribution >= 4 is 21.7 Å². The molecule has 2 rings (SSSR count). The summed E-state index contributed by atoms with van der Waals surface area (Å²) in [5.74, 6) is 1.23. The third-order valence-corrected chi connectivity index (χ3v) is 3.63. The lowest BCUT2D eigenvalue weighted by Gasteiger charge is -2.22. The van der Waals surface area contributed by atoms with Crippen LogP contribution < -0.4 is 4.74 Å². The van der Waals surface area contributed by atoms with Crippen LogP contribution >= 0.6 is 15.9 Å². The maximum atomic E-state index is 11.5. The van der Waals surface area contributed by atoms with Crippen molar-refractivity contribution in [2.45, 2.75) is 19.8 Å². The number of hydrogen-bond donors (Lipinski definition) is 0. The summed E-state index contributed by atoms with van der Waals surface area (Å²) in [6.45, 7) is 3.84. The Balaban J connectivity index is 2.01. The molecule has 1 aromatic carbocycles. The molecule has 1 aromatic rings. The fraction of sp³-hybridized carbons (Fsp3) is 0.500. The topological polar surface area (TPSA) is 35.5 Å². The third kappa shape index (κ3) is 3.56. The average Bonchev–Trinajstić information content (AvgIpc) is 2.38. The molecule has 1 saturated heterocycles. The standard InChI is InChI=1S/C14H17BrO3/c1-10(16)13-8-12(15)2-3-14(13)18-9-11-4-6-17-7-5-11/h2-3,8,11H,4-7,9H2,1H3. The Morgan fingerprint density at radius 1 is 1.44 bits per heavy atom. The fourth-order valence-electron chi connectivity index (χ4n) is 2.02. The minimum atomic E-state index is 0.0262. The SMILES string of the molecule is CC(=O)c1cc(Br)ccc1OCC1CCOCC1. The second-order valence-corrected chi connectivity index (χ2v) is 5.48. The molecule has 0 bridgehead atoms. The summed E-state index contributed by atoms with van der Waals surface area (Å²) < 4.78 is 12.0. The zero-order valence-corrected chi connectivity index (χ0v) is 12.0. The van der Waals surface area contributed by atoms with Crippen LogP contribution in [-0.4, -0.2) is 25.6 Å². The van der Waals surface area contributed by atoms with Crippen LogP contribution in [0, 0.1) is 5.92 Å². The van der Waals surface area contributed by atoms with Crippen LogP contribution in [-0.2, 0) is 4.74 Å². The van der Waals surface area contributed by atoms with Gasteiger partial charge in [-0.3, -0.25) is 4.79 Å². The van der Waals surface area contributed by atoms with Gasteiger partial charge in [-0.15, -0.1) is 0 Å². The Morgan fingerprint density at radius 3 is 2.83 bits per heavy atom. The fourth-order valence-corrected chi connectivity index (χ4v) is 2.38. The van der Waals surface area contributed by atoms with Gasteiger partial charge >= 0.3 is 0 Å². The number of carbonyl (C=O) groups is 1. The number of ketones is 1. The van der Waals surface area contributed by atoms with Crippen molar-refractivity contribution in [3.63, 3.8) is 0 Å². The Labute approximate surface area is 116 Å². The van der Waals surface area contributed by atoms with Gasteiger partial charge in [-0.1, -0.05) is 15.9 Å². The summed E-state index contributed by atoms with van der Waals surface area (Å²) in [5, 5.41) is 0. The van der Waals surface area contributed by atoms with Gasteiger partial charge in [0.25, 0.3) is 0 Å². The highest BCUT2D eigenvalue weighted by molar-refractivity contribution is 9.10. The highest BCUT2D eigenvalue weighted by atomic mass is 79.9. The molecule has 1 aliphatic rings. The van der Waals surface area contributed by atoms with Crippen LogP contribution in [0.15, 0.2) is 22.7 Å². The summed E-state index contributed by atoms with van der Waals surface area (Å²) >= 11 is 3.37. The van der Waals surface area contributed by atoms with Gasteiger partial charge in [0.05, 0.1) is 12.2 Å². The second-order valence-electron chi connectivity index (χ2n) is 4.56. The molecule has 18 heavy (non-hydrogen) atoms. The van der Waals surface area contributed by atoms with Gasteiger partial charge in [0, 0.05) is 17.7 Å². The minimum absolute atomic E-state index is 0.0262. The maximum absolute atomic E-state index is 11.5. The van der Waals surface area contributed by atoms with E-state index in [0.29, 0.717) is 23.8 Å². The molecule has 1 heterocycles. The van der Waals surface area contributed by atoms with Gasteiger partial charge in [-0.25, -0.2) is 0 Å². The van der Waals surface area contributed by atoms with Gasteiger partial charge in [0.15, 0.2) is 5.78 Å². The first-order valence-corrected chi connectivity index (χ1v) is 6.97.